The Bertz CT molecular complexity index is 448. The maximum Gasteiger partial charge on any atom is 0.267 e. The van der Waals surface area contributed by atoms with E-state index < -0.39 is 5.78 Å². The first-order chi connectivity index (χ1) is 7.06. The van der Waals surface area contributed by atoms with Crippen molar-refractivity contribution < 1.29 is 10.0 Å². The molecular formula is C9H11N3O3. The first-order valence-corrected chi connectivity index (χ1v) is 4.38. The van der Waals surface area contributed by atoms with Crippen LogP contribution in [0, 0.1) is 0 Å². The number of ketones is 1. The minimum Gasteiger partial charge on any atom is -0.411 e. The van der Waals surface area contributed by atoms with Gasteiger partial charge in [0.25, 0.3) is 5.56 Å². The summed E-state index contributed by atoms with van der Waals surface area (Å²) < 4.78 is 1.19. The average Bonchev–Trinajstić information content (AvgIpc) is 2.18. The number of aromatic nitrogens is 2. The molecule has 0 aromatic carbocycles. The van der Waals surface area contributed by atoms with E-state index in [-0.39, 0.29) is 17.3 Å². The van der Waals surface area contributed by atoms with Gasteiger partial charge < -0.3 is 5.21 Å². The first-order valence-electron chi connectivity index (χ1n) is 4.38. The molecule has 0 saturated carbocycles. The van der Waals surface area contributed by atoms with E-state index in [0.29, 0.717) is 0 Å². The van der Waals surface area contributed by atoms with Crippen LogP contribution in [0.3, 0.4) is 0 Å². The highest BCUT2D eigenvalue weighted by Crippen LogP contribution is 1.98. The molecule has 0 radical (unpaired) electrons. The number of hydrogen-bond donors (Lipinski definition) is 1. The van der Waals surface area contributed by atoms with Gasteiger partial charge in [-0.3, -0.25) is 9.59 Å². The van der Waals surface area contributed by atoms with E-state index in [9.17, 15) is 9.59 Å². The van der Waals surface area contributed by atoms with Gasteiger partial charge >= 0.3 is 0 Å². The van der Waals surface area contributed by atoms with E-state index >= 15 is 0 Å². The molecule has 1 aromatic rings. The van der Waals surface area contributed by atoms with Gasteiger partial charge in [-0.25, -0.2) is 4.68 Å². The van der Waals surface area contributed by atoms with Gasteiger partial charge in [-0.2, -0.15) is 5.10 Å². The molecule has 1 aromatic heterocycles. The zero-order valence-electron chi connectivity index (χ0n) is 8.41. The monoisotopic (exact) mass is 209 g/mol. The maximum atomic E-state index is 11.3. The predicted molar refractivity (Wildman–Crippen MR) is 53.5 cm³/mol. The number of carbonyl (C=O) groups is 1. The SMILES string of the molecule is CC(C)n1nc(C(=O)/C=N/O)ccc1=O. The van der Waals surface area contributed by atoms with Crippen molar-refractivity contribution in [1.29, 1.82) is 0 Å². The normalized spacial score (nSPS) is 11.1. The zero-order valence-corrected chi connectivity index (χ0v) is 8.41. The third-order valence-corrected chi connectivity index (χ3v) is 1.74. The molecule has 0 spiro atoms. The lowest BCUT2D eigenvalue weighted by molar-refractivity contribution is 0.106. The second kappa shape index (κ2) is 4.50. The Kier molecular flexibility index (Phi) is 3.33. The van der Waals surface area contributed by atoms with Crippen LogP contribution < -0.4 is 5.56 Å². The average molecular weight is 209 g/mol. The summed E-state index contributed by atoms with van der Waals surface area (Å²) >= 11 is 0. The van der Waals surface area contributed by atoms with Gasteiger partial charge in [0.15, 0.2) is 0 Å². The van der Waals surface area contributed by atoms with Gasteiger partial charge in [0.05, 0.1) is 6.04 Å². The van der Waals surface area contributed by atoms with Gasteiger partial charge in [-0.15, -0.1) is 0 Å². The standard InChI is InChI=1S/C9H11N3O3/c1-6(2)12-9(14)4-3-7(11-12)8(13)5-10-15/h3-6,15H,1-2H3/b10-5+. The Morgan fingerprint density at radius 1 is 1.60 bits per heavy atom. The fourth-order valence-electron chi connectivity index (χ4n) is 1.05. The van der Waals surface area contributed by atoms with Crippen LogP contribution in [0.4, 0.5) is 0 Å². The van der Waals surface area contributed by atoms with Crippen LogP contribution in [0.1, 0.15) is 30.4 Å². The smallest absolute Gasteiger partial charge is 0.267 e. The van der Waals surface area contributed by atoms with E-state index in [1.54, 1.807) is 13.8 Å². The largest absolute Gasteiger partial charge is 0.411 e. The number of oxime groups is 1. The third kappa shape index (κ3) is 2.49. The lowest BCUT2D eigenvalue weighted by atomic mass is 10.3. The molecule has 0 atom stereocenters. The van der Waals surface area contributed by atoms with Crippen molar-refractivity contribution in [2.45, 2.75) is 19.9 Å². The van der Waals surface area contributed by atoms with Gasteiger partial charge in [-0.05, 0) is 19.9 Å². The van der Waals surface area contributed by atoms with Crippen molar-refractivity contribution in [2.75, 3.05) is 0 Å². The summed E-state index contributed by atoms with van der Waals surface area (Å²) in [5, 5.41) is 14.6. The van der Waals surface area contributed by atoms with Crippen LogP contribution in [0.25, 0.3) is 0 Å². The molecular weight excluding hydrogens is 198 g/mol. The summed E-state index contributed by atoms with van der Waals surface area (Å²) in [6.07, 6.45) is 0.734. The number of carbonyl (C=O) groups excluding carboxylic acids is 1. The number of nitrogens with zero attached hydrogens (tertiary/aromatic N) is 3. The molecule has 1 heterocycles. The Balaban J connectivity index is 3.19. The quantitative estimate of drug-likeness (QED) is 0.339. The molecule has 1 N–H and O–H groups in total. The van der Waals surface area contributed by atoms with E-state index in [1.165, 1.54) is 16.8 Å². The molecule has 80 valence electrons. The van der Waals surface area contributed by atoms with Crippen LogP contribution >= 0.6 is 0 Å². The zero-order chi connectivity index (χ0) is 11.4. The van der Waals surface area contributed by atoms with E-state index in [0.717, 1.165) is 6.21 Å². The fourth-order valence-corrected chi connectivity index (χ4v) is 1.05. The minimum atomic E-state index is -0.549. The number of Topliss-reactive ketones (excluding diaryl/α,β-unsaturated/α-hetero) is 1. The van der Waals surface area contributed by atoms with Crippen molar-refractivity contribution in [3.8, 4) is 0 Å². The van der Waals surface area contributed by atoms with Crippen molar-refractivity contribution in [2.24, 2.45) is 5.16 Å². The maximum absolute atomic E-state index is 11.3. The summed E-state index contributed by atoms with van der Waals surface area (Å²) in [5.41, 5.74) is -0.205. The molecule has 0 amide bonds. The molecule has 0 bridgehead atoms. The highest BCUT2D eigenvalue weighted by molar-refractivity contribution is 6.34. The molecule has 6 heteroatoms. The van der Waals surface area contributed by atoms with E-state index in [4.69, 9.17) is 5.21 Å². The topological polar surface area (TPSA) is 84.6 Å². The van der Waals surface area contributed by atoms with Gasteiger partial charge in [0, 0.05) is 6.07 Å². The molecule has 6 nitrogen and oxygen atoms in total. The summed E-state index contributed by atoms with van der Waals surface area (Å²) in [7, 11) is 0. The molecule has 0 aliphatic rings. The second-order valence-electron chi connectivity index (χ2n) is 3.20. The molecule has 0 saturated heterocycles. The lowest BCUT2D eigenvalue weighted by Crippen LogP contribution is -2.26. The lowest BCUT2D eigenvalue weighted by Gasteiger charge is -2.07. The molecule has 1 rings (SSSR count). The van der Waals surface area contributed by atoms with Crippen LogP contribution in [0.15, 0.2) is 22.1 Å². The molecule has 0 unspecified atom stereocenters. The Morgan fingerprint density at radius 3 is 2.80 bits per heavy atom. The second-order valence-corrected chi connectivity index (χ2v) is 3.20. The van der Waals surface area contributed by atoms with Crippen LogP contribution in [0.5, 0.6) is 0 Å². The van der Waals surface area contributed by atoms with Crippen molar-refractivity contribution in [1.82, 2.24) is 9.78 Å². The van der Waals surface area contributed by atoms with Crippen LogP contribution in [-0.4, -0.2) is 27.0 Å². The molecule has 0 fully saturated rings. The number of rotatable bonds is 3. The van der Waals surface area contributed by atoms with Crippen molar-refractivity contribution in [3.63, 3.8) is 0 Å². The van der Waals surface area contributed by atoms with Crippen molar-refractivity contribution >= 4 is 12.0 Å². The van der Waals surface area contributed by atoms with Gasteiger partial charge in [-0.1, -0.05) is 5.16 Å². The molecule has 0 aliphatic heterocycles. The third-order valence-electron chi connectivity index (χ3n) is 1.74. The summed E-state index contributed by atoms with van der Waals surface area (Å²) in [4.78, 5) is 22.5. The minimum absolute atomic E-state index is 0.0705. The predicted octanol–water partition coefficient (Wildman–Crippen LogP) is 0.467. The molecule has 15 heavy (non-hydrogen) atoms. The first kappa shape index (κ1) is 11.1. The van der Waals surface area contributed by atoms with Gasteiger partial charge in [0.1, 0.15) is 11.9 Å². The van der Waals surface area contributed by atoms with Crippen LogP contribution in [-0.2, 0) is 0 Å². The van der Waals surface area contributed by atoms with Gasteiger partial charge in [0.2, 0.25) is 5.78 Å². The summed E-state index contributed by atoms with van der Waals surface area (Å²) in [6.45, 7) is 3.56. The fraction of sp³-hybridized carbons (Fsp3) is 0.333. The highest BCUT2D eigenvalue weighted by atomic mass is 16.4. The molecule has 0 aliphatic carbocycles. The Morgan fingerprint density at radius 2 is 2.27 bits per heavy atom. The summed E-state index contributed by atoms with van der Waals surface area (Å²) in [5.74, 6) is -0.549. The van der Waals surface area contributed by atoms with E-state index in [2.05, 4.69) is 10.3 Å². The van der Waals surface area contributed by atoms with Crippen molar-refractivity contribution in [3.05, 3.63) is 28.2 Å². The van der Waals surface area contributed by atoms with Crippen LogP contribution in [0.2, 0.25) is 0 Å². The summed E-state index contributed by atoms with van der Waals surface area (Å²) in [6, 6.07) is 2.42. The Labute approximate surface area is 85.8 Å². The highest BCUT2D eigenvalue weighted by Gasteiger charge is 2.09. The Hall–Kier alpha value is -1.98. The number of hydrogen-bond acceptors (Lipinski definition) is 5. The van der Waals surface area contributed by atoms with E-state index in [1.807, 2.05) is 0 Å².